The van der Waals surface area contributed by atoms with E-state index in [0.717, 1.165) is 23.4 Å². The first-order chi connectivity index (χ1) is 11.2. The van der Waals surface area contributed by atoms with Crippen LogP contribution in [-0.4, -0.2) is 19.1 Å². The summed E-state index contributed by atoms with van der Waals surface area (Å²) in [6.45, 7) is 5.01. The Bertz CT molecular complexity index is 597. The Morgan fingerprint density at radius 1 is 1.09 bits per heavy atom. The van der Waals surface area contributed by atoms with Gasteiger partial charge in [-0.25, -0.2) is 0 Å². The number of nitrogens with one attached hydrogen (secondary N) is 2. The third-order valence-corrected chi connectivity index (χ3v) is 3.46. The lowest BCUT2D eigenvalue weighted by Crippen LogP contribution is -2.32. The zero-order valence-corrected chi connectivity index (χ0v) is 13.7. The van der Waals surface area contributed by atoms with Crippen LogP contribution in [0.1, 0.15) is 31.9 Å². The molecule has 0 fully saturated rings. The van der Waals surface area contributed by atoms with Gasteiger partial charge in [0.05, 0.1) is 19.2 Å². The van der Waals surface area contributed by atoms with Gasteiger partial charge < -0.3 is 15.4 Å². The van der Waals surface area contributed by atoms with Gasteiger partial charge in [0.1, 0.15) is 5.75 Å². The lowest BCUT2D eigenvalue weighted by atomic mass is 10.1. The first-order valence-electron chi connectivity index (χ1n) is 8.00. The number of carbonyl (C=O) groups is 1. The highest BCUT2D eigenvalue weighted by atomic mass is 16.5. The number of carbonyl (C=O) groups excluding carboxylic acids is 1. The molecule has 0 aromatic heterocycles. The van der Waals surface area contributed by atoms with Gasteiger partial charge >= 0.3 is 0 Å². The standard InChI is InChI=1S/C19H24N2O2/c1-3-13-23-18-11-9-17(10-12-18)20-14-19(22)21-15(2)16-7-5-4-6-8-16/h4-12,15,20H,3,13-14H2,1-2H3,(H,21,22). The fourth-order valence-corrected chi connectivity index (χ4v) is 2.19. The van der Waals surface area contributed by atoms with E-state index in [1.807, 2.05) is 61.5 Å². The third kappa shape index (κ3) is 5.66. The summed E-state index contributed by atoms with van der Waals surface area (Å²) in [6, 6.07) is 17.6. The third-order valence-electron chi connectivity index (χ3n) is 3.46. The summed E-state index contributed by atoms with van der Waals surface area (Å²) in [5, 5.41) is 6.10. The Morgan fingerprint density at radius 3 is 2.43 bits per heavy atom. The van der Waals surface area contributed by atoms with Gasteiger partial charge in [0, 0.05) is 5.69 Å². The molecule has 122 valence electrons. The van der Waals surface area contributed by atoms with Crippen LogP contribution in [-0.2, 0) is 4.79 Å². The summed E-state index contributed by atoms with van der Waals surface area (Å²) in [6.07, 6.45) is 0.986. The summed E-state index contributed by atoms with van der Waals surface area (Å²) >= 11 is 0. The minimum atomic E-state index is -0.0346. The van der Waals surface area contributed by atoms with Crippen LogP contribution in [0.15, 0.2) is 54.6 Å². The normalized spacial score (nSPS) is 11.6. The lowest BCUT2D eigenvalue weighted by Gasteiger charge is -2.15. The number of ether oxygens (including phenoxy) is 1. The van der Waals surface area contributed by atoms with E-state index < -0.39 is 0 Å². The van der Waals surface area contributed by atoms with Crippen molar-refractivity contribution < 1.29 is 9.53 Å². The van der Waals surface area contributed by atoms with Crippen molar-refractivity contribution in [2.45, 2.75) is 26.3 Å². The molecule has 23 heavy (non-hydrogen) atoms. The second-order valence-corrected chi connectivity index (χ2v) is 5.43. The van der Waals surface area contributed by atoms with E-state index in [2.05, 4.69) is 17.6 Å². The average molecular weight is 312 g/mol. The zero-order chi connectivity index (χ0) is 16.5. The van der Waals surface area contributed by atoms with Crippen molar-refractivity contribution in [3.63, 3.8) is 0 Å². The number of hydrogen-bond donors (Lipinski definition) is 2. The molecule has 0 aliphatic heterocycles. The van der Waals surface area contributed by atoms with Crippen molar-refractivity contribution in [3.8, 4) is 5.75 Å². The molecule has 2 N–H and O–H groups in total. The topological polar surface area (TPSA) is 50.4 Å². The molecule has 1 amide bonds. The molecule has 2 aromatic carbocycles. The summed E-state index contributed by atoms with van der Waals surface area (Å²) in [5.74, 6) is 0.812. The number of hydrogen-bond acceptors (Lipinski definition) is 3. The summed E-state index contributed by atoms with van der Waals surface area (Å²) in [7, 11) is 0. The maximum absolute atomic E-state index is 12.0. The van der Waals surface area contributed by atoms with Crippen molar-refractivity contribution >= 4 is 11.6 Å². The van der Waals surface area contributed by atoms with Gasteiger partial charge in [0.15, 0.2) is 0 Å². The van der Waals surface area contributed by atoms with Gasteiger partial charge in [-0.2, -0.15) is 0 Å². The van der Waals surface area contributed by atoms with Crippen LogP contribution in [0, 0.1) is 0 Å². The van der Waals surface area contributed by atoms with Gasteiger partial charge in [-0.05, 0) is 43.2 Å². The van der Waals surface area contributed by atoms with Crippen LogP contribution in [0.3, 0.4) is 0 Å². The Balaban J connectivity index is 1.77. The van der Waals surface area contributed by atoms with Crippen LogP contribution < -0.4 is 15.4 Å². The highest BCUT2D eigenvalue weighted by molar-refractivity contribution is 5.81. The number of benzene rings is 2. The molecule has 2 aromatic rings. The Kier molecular flexibility index (Phi) is 6.48. The zero-order valence-electron chi connectivity index (χ0n) is 13.7. The molecule has 0 bridgehead atoms. The van der Waals surface area contributed by atoms with E-state index in [1.54, 1.807) is 0 Å². The van der Waals surface area contributed by atoms with E-state index >= 15 is 0 Å². The summed E-state index contributed by atoms with van der Waals surface area (Å²) in [5.41, 5.74) is 2.00. The van der Waals surface area contributed by atoms with Crippen molar-refractivity contribution in [2.24, 2.45) is 0 Å². The summed E-state index contributed by atoms with van der Waals surface area (Å²) < 4.78 is 5.53. The predicted octanol–water partition coefficient (Wildman–Crippen LogP) is 3.76. The SMILES string of the molecule is CCCOc1ccc(NCC(=O)NC(C)c2ccccc2)cc1. The first kappa shape index (κ1) is 16.9. The largest absolute Gasteiger partial charge is 0.494 e. The van der Waals surface area contributed by atoms with Crippen molar-refractivity contribution in [3.05, 3.63) is 60.2 Å². The first-order valence-corrected chi connectivity index (χ1v) is 8.00. The molecular formula is C19H24N2O2. The quantitative estimate of drug-likeness (QED) is 0.780. The van der Waals surface area contributed by atoms with Crippen LogP contribution >= 0.6 is 0 Å². The Hall–Kier alpha value is -2.49. The van der Waals surface area contributed by atoms with Crippen molar-refractivity contribution in [1.29, 1.82) is 0 Å². The van der Waals surface area contributed by atoms with E-state index in [4.69, 9.17) is 4.74 Å². The molecule has 0 spiro atoms. The fourth-order valence-electron chi connectivity index (χ4n) is 2.19. The molecule has 0 heterocycles. The molecular weight excluding hydrogens is 288 g/mol. The second-order valence-electron chi connectivity index (χ2n) is 5.43. The molecule has 0 saturated heterocycles. The van der Waals surface area contributed by atoms with Gasteiger partial charge in [0.2, 0.25) is 5.91 Å². The number of amides is 1. The molecule has 0 aliphatic rings. The van der Waals surface area contributed by atoms with Gasteiger partial charge in [0.25, 0.3) is 0 Å². The molecule has 0 saturated carbocycles. The van der Waals surface area contributed by atoms with Gasteiger partial charge in [-0.15, -0.1) is 0 Å². The van der Waals surface area contributed by atoms with Crippen LogP contribution in [0.2, 0.25) is 0 Å². The molecule has 4 nitrogen and oxygen atoms in total. The maximum Gasteiger partial charge on any atom is 0.239 e. The number of anilines is 1. The lowest BCUT2D eigenvalue weighted by molar-refractivity contribution is -0.120. The van der Waals surface area contributed by atoms with Crippen molar-refractivity contribution in [2.75, 3.05) is 18.5 Å². The van der Waals surface area contributed by atoms with Gasteiger partial charge in [-0.3, -0.25) is 4.79 Å². The van der Waals surface area contributed by atoms with E-state index in [9.17, 15) is 4.79 Å². The monoisotopic (exact) mass is 312 g/mol. The fraction of sp³-hybridized carbons (Fsp3) is 0.316. The van der Waals surface area contributed by atoms with Crippen LogP contribution in [0.5, 0.6) is 5.75 Å². The van der Waals surface area contributed by atoms with Gasteiger partial charge in [-0.1, -0.05) is 37.3 Å². The van der Waals surface area contributed by atoms with Crippen LogP contribution in [0.25, 0.3) is 0 Å². The highest BCUT2D eigenvalue weighted by Gasteiger charge is 2.08. The summed E-state index contributed by atoms with van der Waals surface area (Å²) in [4.78, 5) is 12.0. The Labute approximate surface area is 137 Å². The maximum atomic E-state index is 12.0. The minimum absolute atomic E-state index is 0.00433. The molecule has 0 aliphatic carbocycles. The minimum Gasteiger partial charge on any atom is -0.494 e. The smallest absolute Gasteiger partial charge is 0.239 e. The molecule has 2 rings (SSSR count). The van der Waals surface area contributed by atoms with E-state index in [0.29, 0.717) is 6.61 Å². The Morgan fingerprint density at radius 2 is 1.78 bits per heavy atom. The predicted molar refractivity (Wildman–Crippen MR) is 93.7 cm³/mol. The highest BCUT2D eigenvalue weighted by Crippen LogP contribution is 2.16. The average Bonchev–Trinajstić information content (AvgIpc) is 2.59. The number of rotatable bonds is 8. The molecule has 4 heteroatoms. The molecule has 1 atom stereocenters. The molecule has 0 radical (unpaired) electrons. The van der Waals surface area contributed by atoms with E-state index in [-0.39, 0.29) is 18.5 Å². The van der Waals surface area contributed by atoms with Crippen molar-refractivity contribution in [1.82, 2.24) is 5.32 Å². The molecule has 1 unspecified atom stereocenters. The van der Waals surface area contributed by atoms with Crippen LogP contribution in [0.4, 0.5) is 5.69 Å². The van der Waals surface area contributed by atoms with E-state index in [1.165, 1.54) is 0 Å². The second kappa shape index (κ2) is 8.83.